The molecule has 2 aromatic heterocycles. The highest BCUT2D eigenvalue weighted by atomic mass is 32.2. The van der Waals surface area contributed by atoms with Crippen LogP contribution in [0.3, 0.4) is 0 Å². The molecule has 3 aromatic rings. The molecule has 43 heavy (non-hydrogen) atoms. The monoisotopic (exact) mass is 617 g/mol. The van der Waals surface area contributed by atoms with Crippen LogP contribution in [0.1, 0.15) is 36.1 Å². The molecule has 6 rings (SSSR count). The molecule has 0 saturated carbocycles. The Hall–Kier alpha value is -3.49. The lowest BCUT2D eigenvalue weighted by atomic mass is 10.1. The Kier molecular flexibility index (Phi) is 8.42. The largest absolute Gasteiger partial charge is 0.419 e. The van der Waals surface area contributed by atoms with Crippen molar-refractivity contribution in [2.24, 2.45) is 0 Å². The van der Waals surface area contributed by atoms with E-state index in [-0.39, 0.29) is 10.7 Å². The lowest BCUT2D eigenvalue weighted by molar-refractivity contribution is -0.137. The maximum Gasteiger partial charge on any atom is 0.419 e. The quantitative estimate of drug-likeness (QED) is 0.435. The zero-order chi connectivity index (χ0) is 30.0. The Morgan fingerprint density at radius 1 is 0.837 bits per heavy atom. The molecule has 10 nitrogen and oxygen atoms in total. The van der Waals surface area contributed by atoms with Gasteiger partial charge in [-0.25, -0.2) is 18.4 Å². The highest BCUT2D eigenvalue weighted by molar-refractivity contribution is 7.89. The van der Waals surface area contributed by atoms with Gasteiger partial charge < -0.3 is 19.9 Å². The second-order valence-corrected chi connectivity index (χ2v) is 12.8. The standard InChI is InChI=1S/C29H34F3N7O3S/c30-29(31,32)24-5-4-12-33-27(24)37-15-10-23-25(11-16-37)35-28(38-13-2-1-3-14-38)36-26(23)34-21-6-8-22(9-7-21)43(40,41)39-17-19-42-20-18-39/h4-9,12H,1-3,10-11,13-20H2,(H,34,35,36). The van der Waals surface area contributed by atoms with Gasteiger partial charge in [0, 0.05) is 63.1 Å². The van der Waals surface area contributed by atoms with Crippen LogP contribution in [0.5, 0.6) is 0 Å². The molecule has 0 unspecified atom stereocenters. The van der Waals surface area contributed by atoms with E-state index in [1.165, 1.54) is 16.6 Å². The number of ether oxygens (including phenoxy) is 1. The summed E-state index contributed by atoms with van der Waals surface area (Å²) in [6.45, 7) is 3.67. The first kappa shape index (κ1) is 29.6. The summed E-state index contributed by atoms with van der Waals surface area (Å²) in [6, 6.07) is 8.91. The van der Waals surface area contributed by atoms with E-state index in [1.807, 2.05) is 0 Å². The number of morpholine rings is 1. The fraction of sp³-hybridized carbons (Fsp3) is 0.483. The summed E-state index contributed by atoms with van der Waals surface area (Å²) in [5.41, 5.74) is 1.51. The minimum absolute atomic E-state index is 0.0846. The van der Waals surface area contributed by atoms with Crippen molar-refractivity contribution in [1.29, 1.82) is 0 Å². The van der Waals surface area contributed by atoms with Crippen LogP contribution >= 0.6 is 0 Å². The summed E-state index contributed by atoms with van der Waals surface area (Å²) in [7, 11) is -3.64. The number of piperidine rings is 1. The number of benzene rings is 1. The van der Waals surface area contributed by atoms with E-state index < -0.39 is 21.8 Å². The maximum absolute atomic E-state index is 13.8. The van der Waals surface area contributed by atoms with Gasteiger partial charge in [-0.1, -0.05) is 0 Å². The molecule has 0 radical (unpaired) electrons. The smallest absolute Gasteiger partial charge is 0.379 e. The number of sulfonamides is 1. The molecule has 3 aliphatic heterocycles. The van der Waals surface area contributed by atoms with E-state index in [0.717, 1.165) is 49.7 Å². The van der Waals surface area contributed by atoms with Crippen LogP contribution in [0.25, 0.3) is 0 Å². The van der Waals surface area contributed by atoms with Gasteiger partial charge in [0.2, 0.25) is 16.0 Å². The molecule has 2 fully saturated rings. The molecule has 0 bridgehead atoms. The summed E-state index contributed by atoms with van der Waals surface area (Å²) >= 11 is 0. The van der Waals surface area contributed by atoms with Gasteiger partial charge in [-0.3, -0.25) is 0 Å². The highest BCUT2D eigenvalue weighted by Crippen LogP contribution is 2.36. The van der Waals surface area contributed by atoms with Gasteiger partial charge in [-0.05, 0) is 62.1 Å². The van der Waals surface area contributed by atoms with Gasteiger partial charge in [-0.15, -0.1) is 0 Å². The Bertz CT molecular complexity index is 1540. The molecule has 0 aliphatic carbocycles. The molecule has 5 heterocycles. The van der Waals surface area contributed by atoms with Crippen molar-refractivity contribution in [2.45, 2.75) is 43.2 Å². The third-order valence-electron chi connectivity index (χ3n) is 8.09. The molecular formula is C29H34F3N7O3S. The van der Waals surface area contributed by atoms with Gasteiger partial charge in [0.05, 0.1) is 29.4 Å². The summed E-state index contributed by atoms with van der Waals surface area (Å²) < 4.78 is 74.2. The molecule has 0 spiro atoms. The van der Waals surface area contributed by atoms with Gasteiger partial charge in [0.15, 0.2) is 0 Å². The number of aromatic nitrogens is 3. The van der Waals surface area contributed by atoms with E-state index in [2.05, 4.69) is 15.2 Å². The van der Waals surface area contributed by atoms with Gasteiger partial charge >= 0.3 is 6.18 Å². The number of hydrogen-bond donors (Lipinski definition) is 1. The molecule has 0 atom stereocenters. The molecular weight excluding hydrogens is 583 g/mol. The number of pyridine rings is 1. The second kappa shape index (κ2) is 12.2. The Morgan fingerprint density at radius 3 is 2.28 bits per heavy atom. The van der Waals surface area contributed by atoms with Crippen molar-refractivity contribution in [3.05, 3.63) is 59.4 Å². The fourth-order valence-electron chi connectivity index (χ4n) is 5.79. The molecule has 14 heteroatoms. The van der Waals surface area contributed by atoms with Crippen molar-refractivity contribution >= 4 is 33.3 Å². The first-order valence-corrected chi connectivity index (χ1v) is 16.0. The molecule has 2 saturated heterocycles. The van der Waals surface area contributed by atoms with E-state index in [1.54, 1.807) is 29.2 Å². The third kappa shape index (κ3) is 6.41. The number of anilines is 4. The number of alkyl halides is 3. The van der Waals surface area contributed by atoms with Crippen LogP contribution in [0, 0.1) is 0 Å². The Balaban J connectivity index is 1.29. The highest BCUT2D eigenvalue weighted by Gasteiger charge is 2.36. The van der Waals surface area contributed by atoms with Gasteiger partial charge in [0.25, 0.3) is 0 Å². The number of fused-ring (bicyclic) bond motifs is 1. The van der Waals surface area contributed by atoms with E-state index in [4.69, 9.17) is 14.7 Å². The number of nitrogens with one attached hydrogen (secondary N) is 1. The van der Waals surface area contributed by atoms with Crippen LogP contribution in [-0.4, -0.2) is 80.2 Å². The second-order valence-electron chi connectivity index (χ2n) is 10.9. The molecule has 1 N–H and O–H groups in total. The zero-order valence-corrected chi connectivity index (χ0v) is 24.5. The van der Waals surface area contributed by atoms with Crippen LogP contribution in [0.2, 0.25) is 0 Å². The molecule has 0 amide bonds. The Morgan fingerprint density at radius 2 is 1.56 bits per heavy atom. The summed E-state index contributed by atoms with van der Waals surface area (Å²) in [6.07, 6.45) is 0.928. The van der Waals surface area contributed by atoms with E-state index in [9.17, 15) is 21.6 Å². The average Bonchev–Trinajstić information content (AvgIpc) is 3.25. The predicted molar refractivity (Wildman–Crippen MR) is 156 cm³/mol. The zero-order valence-electron chi connectivity index (χ0n) is 23.7. The maximum atomic E-state index is 13.8. The average molecular weight is 618 g/mol. The Labute approximate surface area is 248 Å². The first-order chi connectivity index (χ1) is 20.7. The van der Waals surface area contributed by atoms with Crippen LogP contribution < -0.4 is 15.1 Å². The summed E-state index contributed by atoms with van der Waals surface area (Å²) in [5.74, 6) is 1.08. The van der Waals surface area contributed by atoms with Crippen molar-refractivity contribution < 1.29 is 26.3 Å². The van der Waals surface area contributed by atoms with Gasteiger partial charge in [0.1, 0.15) is 11.6 Å². The first-order valence-electron chi connectivity index (χ1n) is 14.6. The minimum atomic E-state index is -4.52. The fourth-order valence-corrected chi connectivity index (χ4v) is 7.20. The molecule has 1 aromatic carbocycles. The third-order valence-corrected chi connectivity index (χ3v) is 10.00. The van der Waals surface area contributed by atoms with E-state index in [0.29, 0.717) is 69.7 Å². The minimum Gasteiger partial charge on any atom is -0.379 e. The van der Waals surface area contributed by atoms with Crippen molar-refractivity contribution in [3.8, 4) is 0 Å². The lowest BCUT2D eigenvalue weighted by Gasteiger charge is -2.28. The summed E-state index contributed by atoms with van der Waals surface area (Å²) in [4.78, 5) is 17.9. The summed E-state index contributed by atoms with van der Waals surface area (Å²) in [5, 5.41) is 3.37. The van der Waals surface area contributed by atoms with Crippen molar-refractivity contribution in [3.63, 3.8) is 0 Å². The normalized spacial score (nSPS) is 18.7. The number of halogens is 3. The van der Waals surface area contributed by atoms with Crippen LogP contribution in [0.15, 0.2) is 47.5 Å². The van der Waals surface area contributed by atoms with Crippen molar-refractivity contribution in [2.75, 3.05) is 67.6 Å². The van der Waals surface area contributed by atoms with Gasteiger partial charge in [-0.2, -0.15) is 22.5 Å². The topological polar surface area (TPSA) is 104 Å². The number of hydrogen-bond acceptors (Lipinski definition) is 9. The van der Waals surface area contributed by atoms with Crippen LogP contribution in [-0.2, 0) is 33.8 Å². The van der Waals surface area contributed by atoms with E-state index >= 15 is 0 Å². The van der Waals surface area contributed by atoms with Crippen LogP contribution in [0.4, 0.5) is 36.4 Å². The molecule has 230 valence electrons. The van der Waals surface area contributed by atoms with Crippen molar-refractivity contribution in [1.82, 2.24) is 19.3 Å². The number of rotatable bonds is 6. The number of nitrogens with zero attached hydrogens (tertiary/aromatic N) is 6. The lowest BCUT2D eigenvalue weighted by Crippen LogP contribution is -2.40. The predicted octanol–water partition coefficient (Wildman–Crippen LogP) is 4.25. The molecule has 3 aliphatic rings. The SMILES string of the molecule is O=S(=O)(c1ccc(Nc2nc(N3CCCCC3)nc3c2CCN(c2ncccc2C(F)(F)F)CC3)cc1)N1CCOCC1.